The summed E-state index contributed by atoms with van der Waals surface area (Å²) in [4.78, 5) is 28.8. The highest BCUT2D eigenvalue weighted by atomic mass is 32.2. The summed E-state index contributed by atoms with van der Waals surface area (Å²) in [5.41, 5.74) is 0.410. The highest BCUT2D eigenvalue weighted by Gasteiger charge is 2.20. The van der Waals surface area contributed by atoms with Crippen LogP contribution in [0, 0.1) is 5.82 Å². The third-order valence-corrected chi connectivity index (χ3v) is 6.33. The van der Waals surface area contributed by atoms with Crippen LogP contribution in [0.3, 0.4) is 0 Å². The normalized spacial score (nSPS) is 11.4. The molecule has 0 bridgehead atoms. The van der Waals surface area contributed by atoms with Crippen LogP contribution >= 0.6 is 11.8 Å². The number of benzene rings is 3. The Morgan fingerprint density at radius 3 is 2.47 bits per heavy atom. The number of nitrogens with one attached hydrogen (secondary N) is 1. The highest BCUT2D eigenvalue weighted by Crippen LogP contribution is 2.35. The zero-order chi connectivity index (χ0) is 22.7. The molecule has 1 N–H and O–H groups in total. The summed E-state index contributed by atoms with van der Waals surface area (Å²) in [7, 11) is 0. The molecule has 0 aliphatic carbocycles. The maximum absolute atomic E-state index is 13.1. The molecular formula is C25H23FN2O3S. The predicted molar refractivity (Wildman–Crippen MR) is 125 cm³/mol. The summed E-state index contributed by atoms with van der Waals surface area (Å²) in [5, 5.41) is 2.68. The van der Waals surface area contributed by atoms with Crippen molar-refractivity contribution in [2.45, 2.75) is 43.0 Å². The van der Waals surface area contributed by atoms with Crippen molar-refractivity contribution in [2.24, 2.45) is 0 Å². The summed E-state index contributed by atoms with van der Waals surface area (Å²) in [5.74, 6) is -0.416. The first-order valence-electron chi connectivity index (χ1n) is 10.3. The Kier molecular flexibility index (Phi) is 6.58. The smallest absolute Gasteiger partial charge is 0.331 e. The molecule has 0 spiro atoms. The number of rotatable bonds is 7. The summed E-state index contributed by atoms with van der Waals surface area (Å²) >= 11 is 1.39. The van der Waals surface area contributed by atoms with Gasteiger partial charge in [0.2, 0.25) is 0 Å². The molecule has 0 radical (unpaired) electrons. The summed E-state index contributed by atoms with van der Waals surface area (Å²) in [6.07, 6.45) is 0. The van der Waals surface area contributed by atoms with Crippen molar-refractivity contribution in [3.63, 3.8) is 0 Å². The molecule has 0 saturated heterocycles. The number of hydrogen-bond acceptors (Lipinski definition) is 4. The molecule has 0 fully saturated rings. The van der Waals surface area contributed by atoms with Crippen LogP contribution in [0.4, 0.5) is 4.39 Å². The second-order valence-corrected chi connectivity index (χ2v) is 8.77. The molecular weight excluding hydrogens is 427 g/mol. The van der Waals surface area contributed by atoms with Crippen molar-refractivity contribution in [2.75, 3.05) is 0 Å². The Hall–Kier alpha value is -3.16. The Bertz CT molecular complexity index is 1360. The summed E-state index contributed by atoms with van der Waals surface area (Å²) < 4.78 is 20.4. The lowest BCUT2D eigenvalue weighted by Crippen LogP contribution is -2.35. The van der Waals surface area contributed by atoms with E-state index in [1.807, 2.05) is 56.3 Å². The third-order valence-electron chi connectivity index (χ3n) is 5.12. The molecule has 0 aliphatic rings. The number of hydrogen-bond donors (Lipinski definition) is 1. The number of halogens is 1. The molecule has 4 aromatic rings. The average molecular weight is 451 g/mol. The number of aromatic amines is 1. The van der Waals surface area contributed by atoms with E-state index in [0.717, 1.165) is 21.2 Å². The van der Waals surface area contributed by atoms with Crippen LogP contribution in [0.1, 0.15) is 30.9 Å². The van der Waals surface area contributed by atoms with Crippen LogP contribution in [0.2, 0.25) is 0 Å². The van der Waals surface area contributed by atoms with Gasteiger partial charge in [0.05, 0.1) is 17.2 Å². The largest absolute Gasteiger partial charge is 0.356 e. The van der Waals surface area contributed by atoms with Crippen LogP contribution in [0.25, 0.3) is 10.8 Å². The lowest BCUT2D eigenvalue weighted by molar-refractivity contribution is 0.0549. The fraction of sp³-hybridized carbons (Fsp3) is 0.200. The number of nitrogens with zero attached hydrogens (tertiary/aromatic N) is 1. The van der Waals surface area contributed by atoms with Crippen molar-refractivity contribution in [3.8, 4) is 0 Å². The van der Waals surface area contributed by atoms with E-state index in [-0.39, 0.29) is 30.6 Å². The quantitative estimate of drug-likeness (QED) is 0.389. The number of ether oxygens (including phenoxy) is 1. The molecule has 0 unspecified atom stereocenters. The van der Waals surface area contributed by atoms with Crippen LogP contribution in [0.5, 0.6) is 0 Å². The van der Waals surface area contributed by atoms with Gasteiger partial charge in [0.15, 0.2) is 0 Å². The van der Waals surface area contributed by atoms with Gasteiger partial charge in [-0.25, -0.2) is 9.18 Å². The van der Waals surface area contributed by atoms with Crippen LogP contribution in [0.15, 0.2) is 86.2 Å². The fourth-order valence-corrected chi connectivity index (χ4v) is 4.86. The van der Waals surface area contributed by atoms with E-state index in [0.29, 0.717) is 10.6 Å². The number of fused-ring (bicyclic) bond motifs is 1. The summed E-state index contributed by atoms with van der Waals surface area (Å²) in [6, 6.07) is 20.0. The van der Waals surface area contributed by atoms with Crippen LogP contribution in [-0.2, 0) is 18.1 Å². The fourth-order valence-electron chi connectivity index (χ4n) is 3.53. The molecule has 7 heteroatoms. The minimum Gasteiger partial charge on any atom is -0.356 e. The molecule has 0 saturated carbocycles. The first kappa shape index (κ1) is 22.0. The lowest BCUT2D eigenvalue weighted by atomic mass is 10.1. The van der Waals surface area contributed by atoms with E-state index in [4.69, 9.17) is 4.74 Å². The molecule has 4 rings (SSSR count). The maximum atomic E-state index is 13.1. The van der Waals surface area contributed by atoms with E-state index < -0.39 is 5.69 Å². The van der Waals surface area contributed by atoms with Crippen LogP contribution < -0.4 is 11.2 Å². The molecule has 164 valence electrons. The Morgan fingerprint density at radius 1 is 1.00 bits per heavy atom. The van der Waals surface area contributed by atoms with Crippen LogP contribution in [-0.4, -0.2) is 9.55 Å². The van der Waals surface area contributed by atoms with Gasteiger partial charge in [0.1, 0.15) is 12.5 Å². The highest BCUT2D eigenvalue weighted by molar-refractivity contribution is 7.99. The topological polar surface area (TPSA) is 64.1 Å². The standard InChI is InChI=1S/C25H23FN2O3S/c1-16(2)22-23(29)27-25(30)28(15-31-14-17-10-12-19(26)13-11-17)24(22)32-21-9-5-7-18-6-3-4-8-20(18)21/h3-13,16H,14-15H2,1-2H3,(H,27,29,30). The first-order valence-corrected chi connectivity index (χ1v) is 11.1. The maximum Gasteiger partial charge on any atom is 0.331 e. The Morgan fingerprint density at radius 2 is 1.72 bits per heavy atom. The van der Waals surface area contributed by atoms with Gasteiger partial charge in [0.25, 0.3) is 5.56 Å². The van der Waals surface area contributed by atoms with Crippen molar-refractivity contribution in [1.82, 2.24) is 9.55 Å². The lowest BCUT2D eigenvalue weighted by Gasteiger charge is -2.18. The van der Waals surface area contributed by atoms with Crippen molar-refractivity contribution < 1.29 is 9.13 Å². The van der Waals surface area contributed by atoms with E-state index in [2.05, 4.69) is 4.98 Å². The SMILES string of the molecule is CC(C)c1c(Sc2cccc3ccccc23)n(COCc2ccc(F)cc2)c(=O)[nH]c1=O. The molecule has 32 heavy (non-hydrogen) atoms. The number of H-pyrrole nitrogens is 1. The molecule has 0 aliphatic heterocycles. The Labute approximate surface area is 188 Å². The average Bonchev–Trinajstić information content (AvgIpc) is 2.77. The van der Waals surface area contributed by atoms with Crippen molar-refractivity contribution >= 4 is 22.5 Å². The second kappa shape index (κ2) is 9.54. The molecule has 5 nitrogen and oxygen atoms in total. The van der Waals surface area contributed by atoms with E-state index in [1.165, 1.54) is 28.5 Å². The monoisotopic (exact) mass is 450 g/mol. The van der Waals surface area contributed by atoms with Crippen molar-refractivity contribution in [1.29, 1.82) is 0 Å². The zero-order valence-corrected chi connectivity index (χ0v) is 18.6. The number of aromatic nitrogens is 2. The zero-order valence-electron chi connectivity index (χ0n) is 17.8. The van der Waals surface area contributed by atoms with Gasteiger partial charge in [-0.15, -0.1) is 0 Å². The van der Waals surface area contributed by atoms with E-state index in [1.54, 1.807) is 12.1 Å². The minimum atomic E-state index is -0.527. The third kappa shape index (κ3) is 4.69. The van der Waals surface area contributed by atoms with Gasteiger partial charge < -0.3 is 4.74 Å². The van der Waals surface area contributed by atoms with Gasteiger partial charge in [-0.2, -0.15) is 0 Å². The molecule has 1 aromatic heterocycles. The molecule has 1 heterocycles. The van der Waals surface area contributed by atoms with Gasteiger partial charge in [-0.1, -0.05) is 74.1 Å². The van der Waals surface area contributed by atoms with Gasteiger partial charge in [-0.05, 0) is 40.5 Å². The molecule has 0 amide bonds. The molecule has 3 aromatic carbocycles. The van der Waals surface area contributed by atoms with Gasteiger partial charge >= 0.3 is 5.69 Å². The van der Waals surface area contributed by atoms with Crippen molar-refractivity contribution in [3.05, 3.63) is 105 Å². The Balaban J connectivity index is 1.72. The first-order chi connectivity index (χ1) is 15.4. The second-order valence-electron chi connectivity index (χ2n) is 7.74. The van der Waals surface area contributed by atoms with E-state index in [9.17, 15) is 14.0 Å². The predicted octanol–water partition coefficient (Wildman–Crippen LogP) is 5.28. The van der Waals surface area contributed by atoms with E-state index >= 15 is 0 Å². The van der Waals surface area contributed by atoms with Gasteiger partial charge in [-0.3, -0.25) is 14.3 Å². The van der Waals surface area contributed by atoms with Gasteiger partial charge in [0, 0.05) is 4.90 Å². The summed E-state index contributed by atoms with van der Waals surface area (Å²) in [6.45, 7) is 4.01. The minimum absolute atomic E-state index is 0.0419. The molecule has 0 atom stereocenters.